The second-order valence-electron chi connectivity index (χ2n) is 2.24. The van der Waals surface area contributed by atoms with Crippen molar-refractivity contribution in [1.82, 2.24) is 15.2 Å². The summed E-state index contributed by atoms with van der Waals surface area (Å²) < 4.78 is 0. The number of rotatable bonds is 2. The Hall–Kier alpha value is -1.56. The summed E-state index contributed by atoms with van der Waals surface area (Å²) >= 11 is 0. The first kappa shape index (κ1) is 8.54. The number of nitrogens with two attached hydrogens (primary N) is 1. The Balaban J connectivity index is 2.59. The minimum Gasteiger partial charge on any atom is -0.320 e. The first-order valence-corrected chi connectivity index (χ1v) is 3.40. The molecule has 1 aromatic heterocycles. The van der Waals surface area contributed by atoms with Crippen molar-refractivity contribution in [2.45, 2.75) is 13.0 Å². The van der Waals surface area contributed by atoms with Crippen LogP contribution in [-0.2, 0) is 4.79 Å². The molecule has 64 valence electrons. The van der Waals surface area contributed by atoms with Crippen molar-refractivity contribution in [3.8, 4) is 0 Å². The van der Waals surface area contributed by atoms with Crippen LogP contribution in [0.15, 0.2) is 12.4 Å². The molecular weight excluding hydrogens is 158 g/mol. The molecule has 6 nitrogen and oxygen atoms in total. The Morgan fingerprint density at radius 2 is 2.42 bits per heavy atom. The van der Waals surface area contributed by atoms with E-state index in [1.165, 1.54) is 12.4 Å². The van der Waals surface area contributed by atoms with Crippen molar-refractivity contribution in [3.63, 3.8) is 0 Å². The zero-order valence-corrected chi connectivity index (χ0v) is 6.56. The van der Waals surface area contributed by atoms with Gasteiger partial charge in [-0.1, -0.05) is 0 Å². The number of hydrogen-bond acceptors (Lipinski definition) is 5. The van der Waals surface area contributed by atoms with Crippen LogP contribution in [0.5, 0.6) is 0 Å². The molecule has 0 aliphatic rings. The number of hydrogen-bond donors (Lipinski definition) is 2. The van der Waals surface area contributed by atoms with E-state index in [0.29, 0.717) is 0 Å². The van der Waals surface area contributed by atoms with Crippen LogP contribution < -0.4 is 11.1 Å². The van der Waals surface area contributed by atoms with E-state index in [9.17, 15) is 4.79 Å². The van der Waals surface area contributed by atoms with Crippen molar-refractivity contribution in [2.75, 3.05) is 5.32 Å². The van der Waals surface area contributed by atoms with Gasteiger partial charge < -0.3 is 5.73 Å². The lowest BCUT2D eigenvalue weighted by molar-refractivity contribution is -0.117. The Morgan fingerprint density at radius 1 is 1.67 bits per heavy atom. The van der Waals surface area contributed by atoms with E-state index in [4.69, 9.17) is 5.73 Å². The number of carbonyl (C=O) groups is 1. The highest BCUT2D eigenvalue weighted by Gasteiger charge is 2.08. The van der Waals surface area contributed by atoms with Gasteiger partial charge in [0, 0.05) is 0 Å². The van der Waals surface area contributed by atoms with Crippen LogP contribution in [0.4, 0.5) is 5.95 Å². The van der Waals surface area contributed by atoms with Crippen LogP contribution in [0.25, 0.3) is 0 Å². The molecule has 1 heterocycles. The number of amides is 1. The molecule has 0 bridgehead atoms. The summed E-state index contributed by atoms with van der Waals surface area (Å²) in [4.78, 5) is 14.7. The molecule has 0 aromatic carbocycles. The lowest BCUT2D eigenvalue weighted by atomic mass is 10.3. The smallest absolute Gasteiger partial charge is 0.249 e. The molecule has 1 aromatic rings. The number of nitrogens with one attached hydrogen (secondary N) is 1. The van der Waals surface area contributed by atoms with Crippen LogP contribution in [-0.4, -0.2) is 27.1 Å². The predicted octanol–water partition coefficient (Wildman–Crippen LogP) is -0.843. The highest BCUT2D eigenvalue weighted by Crippen LogP contribution is 1.92. The summed E-state index contributed by atoms with van der Waals surface area (Å²) in [6.45, 7) is 1.58. The number of anilines is 1. The van der Waals surface area contributed by atoms with Crippen molar-refractivity contribution < 1.29 is 4.79 Å². The SMILES string of the molecule is C[C@H](N)C(=O)Nc1nccnn1. The summed E-state index contributed by atoms with van der Waals surface area (Å²) in [7, 11) is 0. The van der Waals surface area contributed by atoms with Crippen molar-refractivity contribution in [1.29, 1.82) is 0 Å². The minimum absolute atomic E-state index is 0.166. The van der Waals surface area contributed by atoms with E-state index in [1.54, 1.807) is 6.92 Å². The van der Waals surface area contributed by atoms with Gasteiger partial charge in [0.1, 0.15) is 0 Å². The summed E-state index contributed by atoms with van der Waals surface area (Å²) in [6.07, 6.45) is 2.85. The number of carbonyl (C=O) groups excluding carboxylic acids is 1. The summed E-state index contributed by atoms with van der Waals surface area (Å²) in [5.41, 5.74) is 5.30. The third-order valence-corrected chi connectivity index (χ3v) is 1.13. The first-order valence-electron chi connectivity index (χ1n) is 3.40. The van der Waals surface area contributed by atoms with Crippen molar-refractivity contribution in [3.05, 3.63) is 12.4 Å². The molecule has 0 fully saturated rings. The lowest BCUT2D eigenvalue weighted by Gasteiger charge is -2.03. The van der Waals surface area contributed by atoms with E-state index >= 15 is 0 Å². The highest BCUT2D eigenvalue weighted by molar-refractivity contribution is 5.92. The van der Waals surface area contributed by atoms with Crippen LogP contribution in [0, 0.1) is 0 Å². The summed E-state index contributed by atoms with van der Waals surface area (Å²) in [5, 5.41) is 9.47. The maximum Gasteiger partial charge on any atom is 0.249 e. The van der Waals surface area contributed by atoms with Gasteiger partial charge in [0.05, 0.1) is 18.4 Å². The fraction of sp³-hybridized carbons (Fsp3) is 0.333. The van der Waals surface area contributed by atoms with Gasteiger partial charge in [0.15, 0.2) is 0 Å². The minimum atomic E-state index is -0.575. The molecule has 12 heavy (non-hydrogen) atoms. The van der Waals surface area contributed by atoms with Gasteiger partial charge in [0.2, 0.25) is 11.9 Å². The molecule has 0 unspecified atom stereocenters. The van der Waals surface area contributed by atoms with Crippen LogP contribution in [0.1, 0.15) is 6.92 Å². The van der Waals surface area contributed by atoms with Crippen LogP contribution >= 0.6 is 0 Å². The zero-order chi connectivity index (χ0) is 8.97. The second-order valence-corrected chi connectivity index (χ2v) is 2.24. The Bertz CT molecular complexity index is 260. The van der Waals surface area contributed by atoms with Gasteiger partial charge in [-0.05, 0) is 6.92 Å². The normalized spacial score (nSPS) is 12.2. The first-order chi connectivity index (χ1) is 5.70. The Labute approximate surface area is 69.2 Å². The van der Waals surface area contributed by atoms with E-state index in [0.717, 1.165) is 0 Å². The molecule has 0 saturated heterocycles. The zero-order valence-electron chi connectivity index (χ0n) is 6.56. The molecule has 0 aliphatic heterocycles. The van der Waals surface area contributed by atoms with E-state index in [1.807, 2.05) is 0 Å². The molecule has 1 atom stereocenters. The number of nitrogens with zero attached hydrogens (tertiary/aromatic N) is 3. The second kappa shape index (κ2) is 3.72. The molecular formula is C6H9N5O. The van der Waals surface area contributed by atoms with Crippen molar-refractivity contribution in [2.24, 2.45) is 5.73 Å². The largest absolute Gasteiger partial charge is 0.320 e. The quantitative estimate of drug-likeness (QED) is 0.598. The predicted molar refractivity (Wildman–Crippen MR) is 42.1 cm³/mol. The average Bonchev–Trinajstić information content (AvgIpc) is 2.06. The standard InChI is InChI=1S/C6H9N5O/c1-4(7)5(12)10-6-8-2-3-9-11-6/h2-4H,7H2,1H3,(H,8,10,11,12)/t4-/m0/s1. The summed E-state index contributed by atoms with van der Waals surface area (Å²) in [6, 6.07) is -0.575. The van der Waals surface area contributed by atoms with Gasteiger partial charge >= 0.3 is 0 Å². The third-order valence-electron chi connectivity index (χ3n) is 1.13. The third kappa shape index (κ3) is 2.24. The fourth-order valence-corrected chi connectivity index (χ4v) is 0.529. The molecule has 6 heteroatoms. The highest BCUT2D eigenvalue weighted by atomic mass is 16.2. The van der Waals surface area contributed by atoms with Crippen molar-refractivity contribution >= 4 is 11.9 Å². The molecule has 0 aliphatic carbocycles. The molecule has 1 amide bonds. The average molecular weight is 167 g/mol. The lowest BCUT2D eigenvalue weighted by Crippen LogP contribution is -2.33. The Kier molecular flexibility index (Phi) is 2.65. The monoisotopic (exact) mass is 167 g/mol. The maximum atomic E-state index is 11.0. The molecule has 0 spiro atoms. The topological polar surface area (TPSA) is 93.8 Å². The maximum absolute atomic E-state index is 11.0. The van der Waals surface area contributed by atoms with Crippen LogP contribution in [0.3, 0.4) is 0 Å². The summed E-state index contributed by atoms with van der Waals surface area (Å²) in [5.74, 6) is -0.164. The molecule has 3 N–H and O–H groups in total. The van der Waals surface area contributed by atoms with Crippen LogP contribution in [0.2, 0.25) is 0 Å². The molecule has 0 radical (unpaired) electrons. The number of aromatic nitrogens is 3. The Morgan fingerprint density at radius 3 is 2.92 bits per heavy atom. The van der Waals surface area contributed by atoms with Gasteiger partial charge in [0.25, 0.3) is 0 Å². The van der Waals surface area contributed by atoms with Gasteiger partial charge in [-0.2, -0.15) is 5.10 Å². The molecule has 1 rings (SSSR count). The van der Waals surface area contributed by atoms with Gasteiger partial charge in [-0.25, -0.2) is 4.98 Å². The van der Waals surface area contributed by atoms with Gasteiger partial charge in [-0.3, -0.25) is 10.1 Å². The van der Waals surface area contributed by atoms with E-state index in [2.05, 4.69) is 20.5 Å². The molecule has 0 saturated carbocycles. The van der Waals surface area contributed by atoms with E-state index < -0.39 is 6.04 Å². The van der Waals surface area contributed by atoms with E-state index in [-0.39, 0.29) is 11.9 Å². The van der Waals surface area contributed by atoms with Gasteiger partial charge in [-0.15, -0.1) is 5.10 Å². The fourth-order valence-electron chi connectivity index (χ4n) is 0.529.